The first kappa shape index (κ1) is 12.3. The molecule has 1 unspecified atom stereocenters. The van der Waals surface area contributed by atoms with Crippen LogP contribution in [0.1, 0.15) is 12.5 Å². The molecule has 0 saturated carbocycles. The van der Waals surface area contributed by atoms with Crippen LogP contribution in [0.4, 0.5) is 0 Å². The molecule has 0 amide bonds. The Morgan fingerprint density at radius 1 is 1.24 bits per heavy atom. The summed E-state index contributed by atoms with van der Waals surface area (Å²) in [4.78, 5) is 9.23. The highest BCUT2D eigenvalue weighted by atomic mass is 16.3. The van der Waals surface area contributed by atoms with Gasteiger partial charge in [-0.3, -0.25) is 0 Å². The molecule has 1 aliphatic rings. The van der Waals surface area contributed by atoms with Crippen LogP contribution in [0.3, 0.4) is 0 Å². The standard InChI is InChI=1S/C16H16N4O/c21-13-4-1-3-11(9-13)15-19-14-5-2-7-18-16(14)20(15)12-6-8-17-10-12/h1-5,7,9,12,17,21H,6,8,10H2. The number of rotatable bonds is 2. The first-order valence-corrected chi connectivity index (χ1v) is 7.16. The van der Waals surface area contributed by atoms with E-state index < -0.39 is 0 Å². The van der Waals surface area contributed by atoms with Crippen molar-refractivity contribution in [2.75, 3.05) is 13.1 Å². The highest BCUT2D eigenvalue weighted by Crippen LogP contribution is 2.31. The molecule has 1 fully saturated rings. The Hall–Kier alpha value is -2.40. The molecule has 5 nitrogen and oxygen atoms in total. The number of fused-ring (bicyclic) bond motifs is 1. The van der Waals surface area contributed by atoms with Crippen LogP contribution < -0.4 is 5.32 Å². The van der Waals surface area contributed by atoms with E-state index in [1.165, 1.54) is 0 Å². The van der Waals surface area contributed by atoms with Gasteiger partial charge >= 0.3 is 0 Å². The smallest absolute Gasteiger partial charge is 0.160 e. The summed E-state index contributed by atoms with van der Waals surface area (Å²) in [5.74, 6) is 1.12. The second-order valence-electron chi connectivity index (χ2n) is 5.35. The van der Waals surface area contributed by atoms with Crippen LogP contribution >= 0.6 is 0 Å². The van der Waals surface area contributed by atoms with E-state index in [0.717, 1.165) is 42.1 Å². The third-order valence-corrected chi connectivity index (χ3v) is 3.95. The zero-order chi connectivity index (χ0) is 14.2. The average molecular weight is 280 g/mol. The normalized spacial score (nSPS) is 18.4. The zero-order valence-electron chi connectivity index (χ0n) is 11.5. The van der Waals surface area contributed by atoms with E-state index in [0.29, 0.717) is 6.04 Å². The second-order valence-corrected chi connectivity index (χ2v) is 5.35. The number of benzene rings is 1. The molecule has 1 saturated heterocycles. The van der Waals surface area contributed by atoms with Gasteiger partial charge < -0.3 is 15.0 Å². The summed E-state index contributed by atoms with van der Waals surface area (Å²) < 4.78 is 2.20. The fourth-order valence-electron chi connectivity index (χ4n) is 2.98. The maximum absolute atomic E-state index is 9.74. The summed E-state index contributed by atoms with van der Waals surface area (Å²) in [6.07, 6.45) is 2.86. The van der Waals surface area contributed by atoms with Crippen molar-refractivity contribution in [2.45, 2.75) is 12.5 Å². The number of pyridine rings is 1. The van der Waals surface area contributed by atoms with Gasteiger partial charge in [-0.2, -0.15) is 0 Å². The first-order valence-electron chi connectivity index (χ1n) is 7.16. The molecule has 2 aromatic heterocycles. The van der Waals surface area contributed by atoms with Crippen LogP contribution in [-0.4, -0.2) is 32.7 Å². The Bertz CT molecular complexity index is 790. The molecule has 0 spiro atoms. The molecular weight excluding hydrogens is 264 g/mol. The van der Waals surface area contributed by atoms with Crippen molar-refractivity contribution in [2.24, 2.45) is 0 Å². The molecule has 1 aromatic carbocycles. The highest BCUT2D eigenvalue weighted by molar-refractivity contribution is 5.77. The summed E-state index contributed by atoms with van der Waals surface area (Å²) in [5, 5.41) is 13.1. The van der Waals surface area contributed by atoms with Crippen molar-refractivity contribution in [1.29, 1.82) is 0 Å². The van der Waals surface area contributed by atoms with Gasteiger partial charge in [0.05, 0.1) is 6.04 Å². The molecule has 5 heteroatoms. The van der Waals surface area contributed by atoms with Crippen molar-refractivity contribution in [3.8, 4) is 17.1 Å². The van der Waals surface area contributed by atoms with Crippen LogP contribution in [-0.2, 0) is 0 Å². The minimum absolute atomic E-state index is 0.253. The zero-order valence-corrected chi connectivity index (χ0v) is 11.5. The lowest BCUT2D eigenvalue weighted by atomic mass is 10.2. The third-order valence-electron chi connectivity index (χ3n) is 3.95. The lowest BCUT2D eigenvalue weighted by Gasteiger charge is -2.15. The topological polar surface area (TPSA) is 63.0 Å². The van der Waals surface area contributed by atoms with Crippen LogP contribution in [0.25, 0.3) is 22.6 Å². The van der Waals surface area contributed by atoms with E-state index in [9.17, 15) is 5.11 Å². The van der Waals surface area contributed by atoms with E-state index in [1.807, 2.05) is 24.3 Å². The van der Waals surface area contributed by atoms with Gasteiger partial charge in [0.25, 0.3) is 0 Å². The molecule has 3 heterocycles. The Labute approximate surface area is 122 Å². The average Bonchev–Trinajstić information content (AvgIpc) is 3.14. The number of imidazole rings is 1. The van der Waals surface area contributed by atoms with Gasteiger partial charge in [-0.05, 0) is 37.2 Å². The Morgan fingerprint density at radius 2 is 2.19 bits per heavy atom. The van der Waals surface area contributed by atoms with E-state index in [1.54, 1.807) is 18.3 Å². The maximum Gasteiger partial charge on any atom is 0.160 e. The molecule has 3 aromatic rings. The second kappa shape index (κ2) is 4.86. The Balaban J connectivity index is 1.97. The number of phenols is 1. The van der Waals surface area contributed by atoms with Crippen molar-refractivity contribution in [3.63, 3.8) is 0 Å². The van der Waals surface area contributed by atoms with Crippen LogP contribution in [0, 0.1) is 0 Å². The fraction of sp³-hybridized carbons (Fsp3) is 0.250. The lowest BCUT2D eigenvalue weighted by molar-refractivity contribution is 0.475. The maximum atomic E-state index is 9.74. The minimum atomic E-state index is 0.253. The molecule has 0 bridgehead atoms. The van der Waals surface area contributed by atoms with Gasteiger partial charge in [0, 0.05) is 18.3 Å². The van der Waals surface area contributed by atoms with E-state index >= 15 is 0 Å². The first-order chi connectivity index (χ1) is 10.3. The number of aromatic nitrogens is 3. The predicted molar refractivity (Wildman–Crippen MR) is 81.2 cm³/mol. The third kappa shape index (κ3) is 2.06. The summed E-state index contributed by atoms with van der Waals surface area (Å²) in [6.45, 7) is 1.94. The fourth-order valence-corrected chi connectivity index (χ4v) is 2.98. The molecule has 0 radical (unpaired) electrons. The van der Waals surface area contributed by atoms with Crippen molar-refractivity contribution < 1.29 is 5.11 Å². The van der Waals surface area contributed by atoms with Gasteiger partial charge in [-0.15, -0.1) is 0 Å². The number of nitrogens with zero attached hydrogens (tertiary/aromatic N) is 3. The predicted octanol–water partition coefficient (Wildman–Crippen LogP) is 2.34. The number of hydrogen-bond acceptors (Lipinski definition) is 4. The van der Waals surface area contributed by atoms with Crippen molar-refractivity contribution >= 4 is 11.2 Å². The molecule has 1 atom stereocenters. The largest absolute Gasteiger partial charge is 0.508 e. The van der Waals surface area contributed by atoms with E-state index in [-0.39, 0.29) is 5.75 Å². The number of phenolic OH excluding ortho intramolecular Hbond substituents is 1. The summed E-state index contributed by atoms with van der Waals surface area (Å²) >= 11 is 0. The van der Waals surface area contributed by atoms with Crippen LogP contribution in [0.2, 0.25) is 0 Å². The minimum Gasteiger partial charge on any atom is -0.508 e. The van der Waals surface area contributed by atoms with Crippen LogP contribution in [0.15, 0.2) is 42.6 Å². The Morgan fingerprint density at radius 3 is 3.00 bits per heavy atom. The lowest BCUT2D eigenvalue weighted by Crippen LogP contribution is -2.14. The summed E-state index contributed by atoms with van der Waals surface area (Å²) in [7, 11) is 0. The monoisotopic (exact) mass is 280 g/mol. The summed E-state index contributed by atoms with van der Waals surface area (Å²) in [6, 6.07) is 11.5. The molecular formula is C16H16N4O. The van der Waals surface area contributed by atoms with Crippen molar-refractivity contribution in [1.82, 2.24) is 19.9 Å². The van der Waals surface area contributed by atoms with Crippen LogP contribution in [0.5, 0.6) is 5.75 Å². The van der Waals surface area contributed by atoms with Crippen molar-refractivity contribution in [3.05, 3.63) is 42.6 Å². The quantitative estimate of drug-likeness (QED) is 0.756. The van der Waals surface area contributed by atoms with E-state index in [2.05, 4.69) is 14.9 Å². The number of aromatic hydroxyl groups is 1. The molecule has 21 heavy (non-hydrogen) atoms. The summed E-state index contributed by atoms with van der Waals surface area (Å²) in [5.41, 5.74) is 2.71. The van der Waals surface area contributed by atoms with Gasteiger partial charge in [-0.25, -0.2) is 9.97 Å². The van der Waals surface area contributed by atoms with Gasteiger partial charge in [0.1, 0.15) is 17.1 Å². The van der Waals surface area contributed by atoms with Gasteiger partial charge in [0.2, 0.25) is 0 Å². The molecule has 2 N–H and O–H groups in total. The Kier molecular flexibility index (Phi) is 2.86. The molecule has 106 valence electrons. The van der Waals surface area contributed by atoms with Gasteiger partial charge in [-0.1, -0.05) is 12.1 Å². The molecule has 4 rings (SSSR count). The number of hydrogen-bond donors (Lipinski definition) is 2. The molecule has 0 aliphatic carbocycles. The van der Waals surface area contributed by atoms with Gasteiger partial charge in [0.15, 0.2) is 5.65 Å². The SMILES string of the molecule is Oc1cccc(-c2nc3cccnc3n2C2CCNC2)c1. The number of nitrogens with one attached hydrogen (secondary N) is 1. The highest BCUT2D eigenvalue weighted by Gasteiger charge is 2.23. The van der Waals surface area contributed by atoms with E-state index in [4.69, 9.17) is 4.98 Å². The molecule has 1 aliphatic heterocycles.